The smallest absolute Gasteiger partial charge is 0.138 e. The Balaban J connectivity index is 1.50. The summed E-state index contributed by atoms with van der Waals surface area (Å²) in [6, 6.07) is 0. The van der Waals surface area contributed by atoms with E-state index in [9.17, 15) is 15.0 Å². The fourth-order valence-electron chi connectivity index (χ4n) is 9.37. The van der Waals surface area contributed by atoms with Gasteiger partial charge in [-0.2, -0.15) is 0 Å². The van der Waals surface area contributed by atoms with E-state index in [1.165, 1.54) is 44.1 Å². The van der Waals surface area contributed by atoms with Crippen LogP contribution in [0.5, 0.6) is 0 Å². The molecule has 4 fully saturated rings. The van der Waals surface area contributed by atoms with Gasteiger partial charge in [-0.15, -0.1) is 0 Å². The number of aliphatic hydroxyl groups excluding tert-OH is 1. The molecule has 32 heavy (non-hydrogen) atoms. The number of fused-ring (bicyclic) bond motifs is 5. The first-order valence-corrected chi connectivity index (χ1v) is 13.3. The summed E-state index contributed by atoms with van der Waals surface area (Å²) in [5.41, 5.74) is 0.769. The average Bonchev–Trinajstić information content (AvgIpc) is 3.06. The summed E-state index contributed by atoms with van der Waals surface area (Å²) in [4.78, 5) is 12.8. The molecule has 4 aliphatic rings. The lowest BCUT2D eigenvalue weighted by Crippen LogP contribution is -2.59. The highest BCUT2D eigenvalue weighted by Crippen LogP contribution is 2.70. The zero-order valence-electron chi connectivity index (χ0n) is 21.5. The Morgan fingerprint density at radius 1 is 1.00 bits per heavy atom. The van der Waals surface area contributed by atoms with Crippen molar-refractivity contribution in [1.82, 2.24) is 0 Å². The third-order valence-corrected chi connectivity index (χ3v) is 11.4. The topological polar surface area (TPSA) is 57.5 Å². The van der Waals surface area contributed by atoms with Crippen molar-refractivity contribution in [2.75, 3.05) is 0 Å². The fraction of sp³-hybridized carbons (Fsp3) is 0.897. The Hall–Kier alpha value is -0.670. The predicted octanol–water partition coefficient (Wildman–Crippen LogP) is 6.32. The van der Waals surface area contributed by atoms with Crippen LogP contribution in [0.3, 0.4) is 0 Å². The molecule has 0 radical (unpaired) electrons. The molecule has 0 unspecified atom stereocenters. The van der Waals surface area contributed by atoms with Crippen LogP contribution in [0.4, 0.5) is 0 Å². The molecule has 0 heterocycles. The van der Waals surface area contributed by atoms with E-state index in [1.807, 2.05) is 0 Å². The summed E-state index contributed by atoms with van der Waals surface area (Å²) < 4.78 is 0. The number of allylic oxidation sites excluding steroid dienone is 1. The molecule has 4 saturated carbocycles. The second-order valence-corrected chi connectivity index (χ2v) is 13.7. The van der Waals surface area contributed by atoms with Gasteiger partial charge < -0.3 is 10.2 Å². The summed E-state index contributed by atoms with van der Waals surface area (Å²) in [5, 5.41) is 20.4. The van der Waals surface area contributed by atoms with Crippen molar-refractivity contribution < 1.29 is 15.0 Å². The number of aliphatic hydroxyl groups is 2. The van der Waals surface area contributed by atoms with Gasteiger partial charge in [-0.05, 0) is 112 Å². The zero-order chi connectivity index (χ0) is 23.7. The first-order chi connectivity index (χ1) is 14.7. The Kier molecular flexibility index (Phi) is 6.07. The maximum absolute atomic E-state index is 12.8. The van der Waals surface area contributed by atoms with Crippen LogP contribution >= 0.6 is 0 Å². The van der Waals surface area contributed by atoms with Crippen LogP contribution in [0.15, 0.2) is 12.2 Å². The largest absolute Gasteiger partial charge is 0.390 e. The van der Waals surface area contributed by atoms with Gasteiger partial charge in [-0.3, -0.25) is 4.79 Å². The molecule has 3 nitrogen and oxygen atoms in total. The highest BCUT2D eigenvalue weighted by molar-refractivity contribution is 5.85. The highest BCUT2D eigenvalue weighted by Gasteiger charge is 2.63. The second kappa shape index (κ2) is 7.94. The first-order valence-electron chi connectivity index (χ1n) is 13.3. The standard InChI is InChI=1S/C29H48O3/c1-18(8-13-25(31)27(4,5)32)19-14-16-28(6)20(19)9-10-22-21(28)11-12-23-26(2,3)24(30)15-17-29(22,23)7/h19-23,25,31-32H,1,8-17H2,2-7H3/t19-,20-,21-,22+,23+,25+,28+,29-/m1/s1. The normalized spacial score (nSPS) is 44.4. The molecule has 3 heteroatoms. The van der Waals surface area contributed by atoms with Crippen molar-refractivity contribution in [3.63, 3.8) is 0 Å². The van der Waals surface area contributed by atoms with Gasteiger partial charge >= 0.3 is 0 Å². The van der Waals surface area contributed by atoms with E-state index in [2.05, 4.69) is 34.3 Å². The molecule has 0 saturated heterocycles. The van der Waals surface area contributed by atoms with Gasteiger partial charge in [0.25, 0.3) is 0 Å². The van der Waals surface area contributed by atoms with Crippen LogP contribution in [0, 0.1) is 45.8 Å². The van der Waals surface area contributed by atoms with Gasteiger partial charge in [0.15, 0.2) is 0 Å². The molecular weight excluding hydrogens is 396 g/mol. The SMILES string of the molecule is C=C(CC[C@H](O)C(C)(C)O)[C@H]1CC[C@@]2(C)[C@@H]1CC[C@H]1[C@H]2CC[C@H]2C(C)(C)C(=O)CC[C@]12C. The van der Waals surface area contributed by atoms with Crippen LogP contribution in [0.2, 0.25) is 0 Å². The summed E-state index contributed by atoms with van der Waals surface area (Å²) >= 11 is 0. The van der Waals surface area contributed by atoms with Crippen LogP contribution in [0.25, 0.3) is 0 Å². The molecule has 0 aromatic rings. The van der Waals surface area contributed by atoms with Gasteiger partial charge in [-0.1, -0.05) is 39.8 Å². The van der Waals surface area contributed by atoms with Crippen LogP contribution in [0.1, 0.15) is 106 Å². The van der Waals surface area contributed by atoms with Crippen LogP contribution in [-0.4, -0.2) is 27.7 Å². The predicted molar refractivity (Wildman–Crippen MR) is 130 cm³/mol. The molecule has 0 aromatic carbocycles. The maximum Gasteiger partial charge on any atom is 0.138 e. The van der Waals surface area contributed by atoms with Gasteiger partial charge in [0.1, 0.15) is 5.78 Å². The third-order valence-electron chi connectivity index (χ3n) is 11.4. The molecular formula is C29H48O3. The number of carbonyl (C=O) groups is 1. The van der Waals surface area contributed by atoms with E-state index in [-0.39, 0.29) is 5.41 Å². The molecule has 4 rings (SSSR count). The molecule has 0 amide bonds. The Labute approximate surface area is 196 Å². The van der Waals surface area contributed by atoms with Crippen molar-refractivity contribution in [1.29, 1.82) is 0 Å². The maximum atomic E-state index is 12.8. The lowest BCUT2D eigenvalue weighted by Gasteiger charge is -2.64. The minimum atomic E-state index is -1.05. The van der Waals surface area contributed by atoms with Gasteiger partial charge in [0.05, 0.1) is 11.7 Å². The Bertz CT molecular complexity index is 761. The van der Waals surface area contributed by atoms with Crippen molar-refractivity contribution in [3.8, 4) is 0 Å². The van der Waals surface area contributed by atoms with Gasteiger partial charge in [0, 0.05) is 11.8 Å². The van der Waals surface area contributed by atoms with Crippen LogP contribution < -0.4 is 0 Å². The number of hydrogen-bond donors (Lipinski definition) is 2. The minimum absolute atomic E-state index is 0.163. The minimum Gasteiger partial charge on any atom is -0.390 e. The lowest BCUT2D eigenvalue weighted by atomic mass is 9.40. The van der Waals surface area contributed by atoms with E-state index in [1.54, 1.807) is 13.8 Å². The monoisotopic (exact) mass is 444 g/mol. The number of hydrogen-bond acceptors (Lipinski definition) is 3. The van der Waals surface area contributed by atoms with Crippen molar-refractivity contribution in [2.24, 2.45) is 45.8 Å². The third kappa shape index (κ3) is 3.65. The Morgan fingerprint density at radius 3 is 2.25 bits per heavy atom. The first kappa shape index (κ1) is 24.5. The summed E-state index contributed by atoms with van der Waals surface area (Å²) in [6.07, 6.45) is 10.2. The van der Waals surface area contributed by atoms with E-state index < -0.39 is 11.7 Å². The molecule has 0 spiro atoms. The molecule has 4 aliphatic carbocycles. The fourth-order valence-corrected chi connectivity index (χ4v) is 9.37. The summed E-state index contributed by atoms with van der Waals surface area (Å²) in [5.74, 6) is 3.81. The van der Waals surface area contributed by atoms with E-state index >= 15 is 0 Å². The number of rotatable bonds is 5. The quantitative estimate of drug-likeness (QED) is 0.488. The molecule has 8 atom stereocenters. The summed E-state index contributed by atoms with van der Waals surface area (Å²) in [7, 11) is 0. The number of carbonyl (C=O) groups excluding carboxylic acids is 1. The van der Waals surface area contributed by atoms with Gasteiger partial charge in [0.2, 0.25) is 0 Å². The van der Waals surface area contributed by atoms with E-state index in [0.717, 1.165) is 31.1 Å². The summed E-state index contributed by atoms with van der Waals surface area (Å²) in [6.45, 7) is 17.4. The van der Waals surface area contributed by atoms with Crippen molar-refractivity contribution >= 4 is 5.78 Å². The number of Topliss-reactive ketones (excluding diaryl/α,β-unsaturated/α-hetero) is 1. The van der Waals surface area contributed by atoms with Crippen LogP contribution in [-0.2, 0) is 4.79 Å². The lowest BCUT2D eigenvalue weighted by molar-refractivity contribution is -0.168. The van der Waals surface area contributed by atoms with E-state index in [0.29, 0.717) is 40.8 Å². The molecule has 0 aromatic heterocycles. The van der Waals surface area contributed by atoms with Crippen molar-refractivity contribution in [3.05, 3.63) is 12.2 Å². The average molecular weight is 445 g/mol. The molecule has 2 N–H and O–H groups in total. The van der Waals surface area contributed by atoms with Gasteiger partial charge in [-0.25, -0.2) is 0 Å². The second-order valence-electron chi connectivity index (χ2n) is 13.7. The van der Waals surface area contributed by atoms with Crippen molar-refractivity contribution in [2.45, 2.75) is 117 Å². The molecule has 0 bridgehead atoms. The Morgan fingerprint density at radius 2 is 1.59 bits per heavy atom. The molecule has 0 aliphatic heterocycles. The van der Waals surface area contributed by atoms with E-state index in [4.69, 9.17) is 0 Å². The number of ketones is 1. The highest BCUT2D eigenvalue weighted by atomic mass is 16.3. The molecule has 182 valence electrons. The zero-order valence-corrected chi connectivity index (χ0v) is 21.5.